The Balaban J connectivity index is 2.36. The van der Waals surface area contributed by atoms with Crippen molar-refractivity contribution in [3.05, 3.63) is 64.0 Å². The highest BCUT2D eigenvalue weighted by Crippen LogP contribution is 2.32. The number of nitrogens with zero attached hydrogens (tertiary/aromatic N) is 3. The van der Waals surface area contributed by atoms with Gasteiger partial charge in [-0.25, -0.2) is 0 Å². The monoisotopic (exact) mass is 315 g/mol. The van der Waals surface area contributed by atoms with Crippen LogP contribution in [0.5, 0.6) is 5.75 Å². The highest BCUT2D eigenvalue weighted by atomic mass is 16.6. The summed E-state index contributed by atoms with van der Waals surface area (Å²) in [5, 5.41) is 20.9. The first-order chi connectivity index (χ1) is 11.0. The minimum Gasteiger partial charge on any atom is -0.502 e. The lowest BCUT2D eigenvalue weighted by Gasteiger charge is -2.28. The van der Waals surface area contributed by atoms with Crippen molar-refractivity contribution in [3.8, 4) is 5.75 Å². The number of amides is 1. The number of para-hydroxylation sites is 1. The van der Waals surface area contributed by atoms with Crippen molar-refractivity contribution in [1.29, 1.82) is 0 Å². The molecular weight excluding hydrogens is 298 g/mol. The molecule has 23 heavy (non-hydrogen) atoms. The molecule has 120 valence electrons. The molecule has 0 saturated heterocycles. The van der Waals surface area contributed by atoms with Gasteiger partial charge in [0.1, 0.15) is 0 Å². The van der Waals surface area contributed by atoms with Crippen molar-refractivity contribution in [1.82, 2.24) is 9.88 Å². The normalized spacial score (nSPS) is 11.7. The molecule has 0 unspecified atom stereocenters. The van der Waals surface area contributed by atoms with Gasteiger partial charge in [-0.3, -0.25) is 19.9 Å². The predicted octanol–water partition coefficient (Wildman–Crippen LogP) is 2.92. The van der Waals surface area contributed by atoms with Gasteiger partial charge in [-0.15, -0.1) is 0 Å². The van der Waals surface area contributed by atoms with Crippen LogP contribution in [0.2, 0.25) is 0 Å². The highest BCUT2D eigenvalue weighted by Gasteiger charge is 2.26. The summed E-state index contributed by atoms with van der Waals surface area (Å²) in [7, 11) is 1.61. The summed E-state index contributed by atoms with van der Waals surface area (Å²) in [4.78, 5) is 28.2. The van der Waals surface area contributed by atoms with E-state index in [4.69, 9.17) is 0 Å². The standard InChI is InChI=1S/C16H17N3O4/c1-3-13(11-7-9-17-10-8-11)18(2)16(21)12-5-4-6-14(15(12)20)19(22)23/h4-10,13,20H,3H2,1-2H3/t13-/m1/s1. The average Bonchev–Trinajstić information content (AvgIpc) is 2.55. The molecule has 0 bridgehead atoms. The summed E-state index contributed by atoms with van der Waals surface area (Å²) in [6.07, 6.45) is 3.93. The number of phenolic OH excluding ortho intramolecular Hbond substituents is 1. The van der Waals surface area contributed by atoms with Gasteiger partial charge in [0.25, 0.3) is 5.91 Å². The van der Waals surface area contributed by atoms with Crippen molar-refractivity contribution in [2.24, 2.45) is 0 Å². The zero-order valence-corrected chi connectivity index (χ0v) is 12.8. The number of pyridine rings is 1. The van der Waals surface area contributed by atoms with Crippen molar-refractivity contribution in [2.45, 2.75) is 19.4 Å². The summed E-state index contributed by atoms with van der Waals surface area (Å²) in [5.74, 6) is -1.09. The third kappa shape index (κ3) is 3.28. The van der Waals surface area contributed by atoms with E-state index in [1.54, 1.807) is 19.4 Å². The Hall–Kier alpha value is -2.96. The number of carbonyl (C=O) groups excluding carboxylic acids is 1. The molecule has 1 amide bonds. The number of aromatic hydroxyl groups is 1. The van der Waals surface area contributed by atoms with Crippen LogP contribution in [0, 0.1) is 10.1 Å². The zero-order valence-electron chi connectivity index (χ0n) is 12.8. The minimum absolute atomic E-state index is 0.0887. The second kappa shape index (κ2) is 6.87. The van der Waals surface area contributed by atoms with Crippen LogP contribution in [0.3, 0.4) is 0 Å². The van der Waals surface area contributed by atoms with E-state index in [-0.39, 0.29) is 11.6 Å². The number of nitro groups is 1. The molecule has 2 aromatic rings. The fourth-order valence-corrected chi connectivity index (χ4v) is 2.50. The van der Waals surface area contributed by atoms with Crippen molar-refractivity contribution in [2.75, 3.05) is 7.05 Å². The molecule has 0 spiro atoms. The van der Waals surface area contributed by atoms with Gasteiger partial charge < -0.3 is 10.0 Å². The Kier molecular flexibility index (Phi) is 4.90. The van der Waals surface area contributed by atoms with E-state index in [2.05, 4.69) is 4.98 Å². The molecule has 0 aliphatic heterocycles. The largest absolute Gasteiger partial charge is 0.502 e. The second-order valence-corrected chi connectivity index (χ2v) is 5.05. The number of rotatable bonds is 5. The van der Waals surface area contributed by atoms with Gasteiger partial charge in [-0.2, -0.15) is 0 Å². The molecule has 2 rings (SSSR count). The Labute approximate surface area is 133 Å². The van der Waals surface area contributed by atoms with Crippen LogP contribution >= 0.6 is 0 Å². The quantitative estimate of drug-likeness (QED) is 0.676. The maximum Gasteiger partial charge on any atom is 0.311 e. The molecule has 0 aliphatic rings. The number of nitro benzene ring substituents is 1. The van der Waals surface area contributed by atoms with E-state index >= 15 is 0 Å². The number of hydrogen-bond donors (Lipinski definition) is 1. The van der Waals surface area contributed by atoms with Gasteiger partial charge in [0.15, 0.2) is 0 Å². The molecule has 0 aliphatic carbocycles. The topological polar surface area (TPSA) is 96.6 Å². The summed E-state index contributed by atoms with van der Waals surface area (Å²) in [6, 6.07) is 7.32. The lowest BCUT2D eigenvalue weighted by atomic mass is 10.0. The van der Waals surface area contributed by atoms with Crippen molar-refractivity contribution in [3.63, 3.8) is 0 Å². The fraction of sp³-hybridized carbons (Fsp3) is 0.250. The lowest BCUT2D eigenvalue weighted by molar-refractivity contribution is -0.385. The van der Waals surface area contributed by atoms with Crippen LogP contribution in [0.25, 0.3) is 0 Å². The maximum atomic E-state index is 12.6. The van der Waals surface area contributed by atoms with E-state index < -0.39 is 22.3 Å². The number of carbonyl (C=O) groups is 1. The van der Waals surface area contributed by atoms with Gasteiger partial charge >= 0.3 is 5.69 Å². The molecule has 0 radical (unpaired) electrons. The van der Waals surface area contributed by atoms with Crippen LogP contribution in [-0.4, -0.2) is 32.9 Å². The molecule has 7 nitrogen and oxygen atoms in total. The molecular formula is C16H17N3O4. The summed E-state index contributed by atoms with van der Waals surface area (Å²) >= 11 is 0. The van der Waals surface area contributed by atoms with Crippen molar-refractivity contribution < 1.29 is 14.8 Å². The molecule has 0 saturated carbocycles. The highest BCUT2D eigenvalue weighted by molar-refractivity contribution is 5.98. The van der Waals surface area contributed by atoms with Crippen LogP contribution in [-0.2, 0) is 0 Å². The molecule has 1 aromatic heterocycles. The molecule has 7 heteroatoms. The summed E-state index contributed by atoms with van der Waals surface area (Å²) in [5.41, 5.74) is 0.332. The van der Waals surface area contributed by atoms with Gasteiger partial charge in [0, 0.05) is 25.5 Å². The third-order valence-corrected chi connectivity index (χ3v) is 3.71. The van der Waals surface area contributed by atoms with Crippen molar-refractivity contribution >= 4 is 11.6 Å². The predicted molar refractivity (Wildman–Crippen MR) is 84.1 cm³/mol. The molecule has 0 fully saturated rings. The average molecular weight is 315 g/mol. The number of benzene rings is 1. The van der Waals surface area contributed by atoms with Gasteiger partial charge in [0.05, 0.1) is 16.5 Å². The first-order valence-corrected chi connectivity index (χ1v) is 7.10. The van der Waals surface area contributed by atoms with Crippen LogP contribution in [0.1, 0.15) is 35.3 Å². The van der Waals surface area contributed by atoms with Gasteiger partial charge in [-0.1, -0.05) is 13.0 Å². The summed E-state index contributed by atoms with van der Waals surface area (Å²) in [6.45, 7) is 1.93. The van der Waals surface area contributed by atoms with E-state index in [0.717, 1.165) is 11.6 Å². The molecule has 1 N–H and O–H groups in total. The van der Waals surface area contributed by atoms with Gasteiger partial charge in [0.2, 0.25) is 5.75 Å². The molecule has 1 aromatic carbocycles. The third-order valence-electron chi connectivity index (χ3n) is 3.71. The van der Waals surface area contributed by atoms with E-state index in [9.17, 15) is 20.0 Å². The Morgan fingerprint density at radius 3 is 2.57 bits per heavy atom. The summed E-state index contributed by atoms with van der Waals surface area (Å²) < 4.78 is 0. The second-order valence-electron chi connectivity index (χ2n) is 5.05. The number of hydrogen-bond acceptors (Lipinski definition) is 5. The minimum atomic E-state index is -0.716. The SMILES string of the molecule is CC[C@H](c1ccncc1)N(C)C(=O)c1cccc([N+](=O)[O-])c1O. The van der Waals surface area contributed by atoms with Crippen LogP contribution in [0.15, 0.2) is 42.7 Å². The molecule has 1 heterocycles. The zero-order chi connectivity index (χ0) is 17.0. The van der Waals surface area contributed by atoms with E-state index in [1.165, 1.54) is 17.0 Å². The van der Waals surface area contributed by atoms with Gasteiger partial charge in [-0.05, 0) is 30.2 Å². The molecule has 1 atom stereocenters. The maximum absolute atomic E-state index is 12.6. The fourth-order valence-electron chi connectivity index (χ4n) is 2.50. The Bertz CT molecular complexity index is 719. The lowest BCUT2D eigenvalue weighted by Crippen LogP contribution is -2.31. The van der Waals surface area contributed by atoms with Crippen LogP contribution in [0.4, 0.5) is 5.69 Å². The van der Waals surface area contributed by atoms with E-state index in [0.29, 0.717) is 6.42 Å². The van der Waals surface area contributed by atoms with E-state index in [1.807, 2.05) is 19.1 Å². The smallest absolute Gasteiger partial charge is 0.311 e. The Morgan fingerprint density at radius 1 is 1.35 bits per heavy atom. The van der Waals surface area contributed by atoms with Crippen LogP contribution < -0.4 is 0 Å². The first kappa shape index (κ1) is 16.4. The number of aromatic nitrogens is 1. The number of phenols is 1. The first-order valence-electron chi connectivity index (χ1n) is 7.10. The Morgan fingerprint density at radius 2 is 2.00 bits per heavy atom.